The smallest absolute Gasteiger partial charge is 0.308 e. The summed E-state index contributed by atoms with van der Waals surface area (Å²) in [4.78, 5) is 28.1. The van der Waals surface area contributed by atoms with Crippen LogP contribution in [0.4, 0.5) is 10.1 Å². The molecule has 0 saturated heterocycles. The Kier molecular flexibility index (Phi) is 4.85. The average Bonchev–Trinajstić information content (AvgIpc) is 3.54. The number of hydrogen-bond acceptors (Lipinski definition) is 5. The van der Waals surface area contributed by atoms with E-state index in [2.05, 4.69) is 22.8 Å². The monoisotopic (exact) mass is 472 g/mol. The zero-order chi connectivity index (χ0) is 21.1. The maximum atomic E-state index is 13.1. The summed E-state index contributed by atoms with van der Waals surface area (Å²) in [5.41, 5.74) is 0.529. The van der Waals surface area contributed by atoms with Gasteiger partial charge in [0.1, 0.15) is 12.4 Å². The van der Waals surface area contributed by atoms with Crippen molar-refractivity contribution in [2.24, 2.45) is 17.8 Å². The summed E-state index contributed by atoms with van der Waals surface area (Å²) in [6, 6.07) is 9.98. The van der Waals surface area contributed by atoms with Crippen molar-refractivity contribution in [3.8, 4) is 0 Å². The molecule has 31 heavy (non-hydrogen) atoms. The first-order valence-electron chi connectivity index (χ1n) is 10.6. The van der Waals surface area contributed by atoms with Crippen molar-refractivity contribution in [3.63, 3.8) is 0 Å². The first-order chi connectivity index (χ1) is 15.1. The molecule has 0 radical (unpaired) electrons. The summed E-state index contributed by atoms with van der Waals surface area (Å²) in [6.45, 7) is -0.0162. The SMILES string of the molecule is O=C(Cn1c2c(sc1=O)[C@H](c1cccs1)C1C3CCC(C3)C1S2)Nc1ccc(F)cc1. The van der Waals surface area contributed by atoms with Gasteiger partial charge in [0.05, 0.1) is 5.03 Å². The van der Waals surface area contributed by atoms with E-state index >= 15 is 0 Å². The lowest BCUT2D eigenvalue weighted by molar-refractivity contribution is -0.116. The number of aromatic nitrogens is 1. The number of halogens is 1. The number of fused-ring (bicyclic) bond motifs is 6. The van der Waals surface area contributed by atoms with E-state index in [4.69, 9.17) is 0 Å². The molecule has 0 spiro atoms. The van der Waals surface area contributed by atoms with E-state index in [0.29, 0.717) is 22.8 Å². The number of carbonyl (C=O) groups is 1. The molecule has 3 aliphatic rings. The quantitative estimate of drug-likeness (QED) is 0.553. The van der Waals surface area contributed by atoms with Crippen LogP contribution in [-0.2, 0) is 11.3 Å². The van der Waals surface area contributed by atoms with E-state index in [9.17, 15) is 14.0 Å². The van der Waals surface area contributed by atoms with E-state index in [-0.39, 0.29) is 29.1 Å². The molecular weight excluding hydrogens is 451 g/mol. The van der Waals surface area contributed by atoms with Crippen molar-refractivity contribution in [2.45, 2.75) is 42.0 Å². The number of nitrogens with one attached hydrogen (secondary N) is 1. The van der Waals surface area contributed by atoms with Crippen LogP contribution in [0.2, 0.25) is 0 Å². The van der Waals surface area contributed by atoms with Crippen molar-refractivity contribution in [3.05, 3.63) is 67.0 Å². The van der Waals surface area contributed by atoms with E-state index in [1.165, 1.54) is 59.7 Å². The van der Waals surface area contributed by atoms with E-state index in [1.807, 2.05) is 11.8 Å². The number of benzene rings is 1. The third-order valence-electron chi connectivity index (χ3n) is 6.97. The predicted molar refractivity (Wildman–Crippen MR) is 124 cm³/mol. The van der Waals surface area contributed by atoms with E-state index in [0.717, 1.165) is 15.8 Å². The van der Waals surface area contributed by atoms with Gasteiger partial charge in [-0.2, -0.15) is 0 Å². The number of amides is 1. The van der Waals surface area contributed by atoms with Crippen LogP contribution in [0.3, 0.4) is 0 Å². The summed E-state index contributed by atoms with van der Waals surface area (Å²) >= 11 is 4.93. The molecular formula is C23H21FN2O2S3. The van der Waals surface area contributed by atoms with Gasteiger partial charge in [-0.3, -0.25) is 14.2 Å². The maximum absolute atomic E-state index is 13.1. The Morgan fingerprint density at radius 3 is 2.74 bits per heavy atom. The fourth-order valence-corrected chi connectivity index (χ4v) is 9.86. The minimum absolute atomic E-state index is 0.0162. The molecule has 4 nitrogen and oxygen atoms in total. The number of nitrogens with zero attached hydrogens (tertiary/aromatic N) is 1. The van der Waals surface area contributed by atoms with Crippen LogP contribution >= 0.6 is 34.4 Å². The summed E-state index contributed by atoms with van der Waals surface area (Å²) in [5.74, 6) is 1.71. The zero-order valence-electron chi connectivity index (χ0n) is 16.6. The fraction of sp³-hybridized carbons (Fsp3) is 0.391. The molecule has 4 unspecified atom stereocenters. The normalized spacial score (nSPS) is 28.4. The van der Waals surface area contributed by atoms with E-state index in [1.54, 1.807) is 15.9 Å². The Balaban J connectivity index is 1.34. The third kappa shape index (κ3) is 3.31. The summed E-state index contributed by atoms with van der Waals surface area (Å²) in [6.07, 6.45) is 3.89. The van der Waals surface area contributed by atoms with Crippen molar-refractivity contribution in [1.82, 2.24) is 4.57 Å². The van der Waals surface area contributed by atoms with Crippen LogP contribution < -0.4 is 10.2 Å². The molecule has 2 aromatic heterocycles. The second-order valence-electron chi connectivity index (χ2n) is 8.66. The number of thiophene rings is 1. The highest BCUT2D eigenvalue weighted by Gasteiger charge is 2.55. The Morgan fingerprint density at radius 2 is 1.97 bits per heavy atom. The van der Waals surface area contributed by atoms with Crippen LogP contribution in [0.15, 0.2) is 51.6 Å². The van der Waals surface area contributed by atoms with Crippen LogP contribution in [0, 0.1) is 23.6 Å². The Labute approximate surface area is 191 Å². The first-order valence-corrected chi connectivity index (χ1v) is 13.1. The highest BCUT2D eigenvalue weighted by molar-refractivity contribution is 8.00. The minimum Gasteiger partial charge on any atom is -0.325 e. The van der Waals surface area contributed by atoms with Crippen molar-refractivity contribution >= 4 is 46.0 Å². The Hall–Kier alpha value is -1.90. The maximum Gasteiger partial charge on any atom is 0.308 e. The lowest BCUT2D eigenvalue weighted by Gasteiger charge is -2.40. The van der Waals surface area contributed by atoms with Gasteiger partial charge >= 0.3 is 4.87 Å². The minimum atomic E-state index is -0.349. The summed E-state index contributed by atoms with van der Waals surface area (Å²) in [5, 5.41) is 6.42. The topological polar surface area (TPSA) is 51.1 Å². The van der Waals surface area contributed by atoms with Crippen LogP contribution in [-0.4, -0.2) is 15.7 Å². The highest BCUT2D eigenvalue weighted by atomic mass is 32.2. The number of hydrogen-bond donors (Lipinski definition) is 1. The van der Waals surface area contributed by atoms with Crippen LogP contribution in [0.1, 0.15) is 34.9 Å². The van der Waals surface area contributed by atoms with Crippen molar-refractivity contribution in [2.75, 3.05) is 5.32 Å². The van der Waals surface area contributed by atoms with Gasteiger partial charge in [0.15, 0.2) is 0 Å². The number of anilines is 1. The summed E-state index contributed by atoms with van der Waals surface area (Å²) < 4.78 is 14.8. The van der Waals surface area contributed by atoms with Gasteiger partial charge in [0, 0.05) is 26.6 Å². The highest BCUT2D eigenvalue weighted by Crippen LogP contribution is 2.64. The fourth-order valence-electron chi connectivity index (χ4n) is 5.75. The number of rotatable bonds is 4. The molecule has 6 rings (SSSR count). The molecule has 160 valence electrons. The molecule has 2 bridgehead atoms. The molecule has 2 aliphatic carbocycles. The molecule has 3 heterocycles. The first kappa shape index (κ1) is 19.8. The largest absolute Gasteiger partial charge is 0.325 e. The van der Waals surface area contributed by atoms with Crippen LogP contribution in [0.5, 0.6) is 0 Å². The lowest BCUT2D eigenvalue weighted by Crippen LogP contribution is -2.34. The third-order valence-corrected chi connectivity index (χ3v) is 10.8. The van der Waals surface area contributed by atoms with Gasteiger partial charge in [-0.05, 0) is 72.7 Å². The van der Waals surface area contributed by atoms with Crippen LogP contribution in [0.25, 0.3) is 0 Å². The molecule has 1 amide bonds. The number of thioether (sulfide) groups is 1. The van der Waals surface area contributed by atoms with Gasteiger partial charge in [0.2, 0.25) is 5.91 Å². The molecule has 2 saturated carbocycles. The van der Waals surface area contributed by atoms with Gasteiger partial charge in [-0.15, -0.1) is 23.1 Å². The van der Waals surface area contributed by atoms with E-state index < -0.39 is 0 Å². The molecule has 8 heteroatoms. The second kappa shape index (κ2) is 7.60. The molecule has 1 aromatic carbocycles. The second-order valence-corrected chi connectivity index (χ2v) is 11.8. The predicted octanol–water partition coefficient (Wildman–Crippen LogP) is 5.40. The number of carbonyl (C=O) groups excluding carboxylic acids is 1. The average molecular weight is 473 g/mol. The molecule has 1 N–H and O–H groups in total. The van der Waals surface area contributed by atoms with Gasteiger partial charge < -0.3 is 5.32 Å². The molecule has 2 fully saturated rings. The Morgan fingerprint density at radius 1 is 1.16 bits per heavy atom. The molecule has 3 aromatic rings. The molecule has 1 aliphatic heterocycles. The van der Waals surface area contributed by atoms with Gasteiger partial charge in [-0.25, -0.2) is 4.39 Å². The standard InChI is InChI=1S/C23H21FN2O2S3/c24-14-5-7-15(8-6-14)25-17(27)11-26-22-21(31-23(26)28)19(16-2-1-9-29-16)18-12-3-4-13(10-12)20(18)30-22/h1-2,5-9,12-13,18-20H,3-4,10-11H2,(H,25,27)/t12?,13?,18?,19-,20?/m1/s1. The zero-order valence-corrected chi connectivity index (χ0v) is 19.1. The molecule has 5 atom stereocenters. The lowest BCUT2D eigenvalue weighted by atomic mass is 9.77. The van der Waals surface area contributed by atoms with Crippen molar-refractivity contribution in [1.29, 1.82) is 0 Å². The van der Waals surface area contributed by atoms with Crippen molar-refractivity contribution < 1.29 is 9.18 Å². The van der Waals surface area contributed by atoms with Gasteiger partial charge in [-0.1, -0.05) is 17.4 Å². The summed E-state index contributed by atoms with van der Waals surface area (Å²) in [7, 11) is 0. The number of thiazole rings is 1. The Bertz CT molecular complexity index is 1180. The van der Waals surface area contributed by atoms with Gasteiger partial charge in [0.25, 0.3) is 0 Å².